The van der Waals surface area contributed by atoms with Gasteiger partial charge in [0.15, 0.2) is 5.69 Å². The zero-order valence-electron chi connectivity index (χ0n) is 22.8. The van der Waals surface area contributed by atoms with Gasteiger partial charge in [-0.05, 0) is 55.5 Å². The number of urea groups is 1. The Morgan fingerprint density at radius 1 is 1.19 bits per heavy atom. The molecule has 3 heterocycles. The highest BCUT2D eigenvalue weighted by atomic mass is 35.5. The normalized spacial score (nSPS) is 15.8. The molecular formula is C27H31ClN10O4. The molecule has 1 saturated carbocycles. The highest BCUT2D eigenvalue weighted by Crippen LogP contribution is 2.28. The second-order valence-electron chi connectivity index (χ2n) is 9.59. The number of amides is 4. The van der Waals surface area contributed by atoms with Gasteiger partial charge in [-0.3, -0.25) is 19.6 Å². The summed E-state index contributed by atoms with van der Waals surface area (Å²) in [5.74, 6) is 0.530. The fourth-order valence-electron chi connectivity index (χ4n) is 4.68. The van der Waals surface area contributed by atoms with Crippen LogP contribution in [0.25, 0.3) is 10.9 Å². The molecule has 2 unspecified atom stereocenters. The van der Waals surface area contributed by atoms with Crippen molar-refractivity contribution in [3.8, 4) is 0 Å². The predicted octanol–water partition coefficient (Wildman–Crippen LogP) is 3.15. The third-order valence-electron chi connectivity index (χ3n) is 6.59. The molecule has 15 heteroatoms. The number of aldehydes is 1. The second-order valence-corrected chi connectivity index (χ2v) is 9.98. The average Bonchev–Trinajstić information content (AvgIpc) is 3.70. The van der Waals surface area contributed by atoms with Crippen LogP contribution in [-0.4, -0.2) is 62.0 Å². The van der Waals surface area contributed by atoms with Crippen molar-refractivity contribution >= 4 is 64.0 Å². The van der Waals surface area contributed by atoms with E-state index in [1.807, 2.05) is 12.1 Å². The summed E-state index contributed by atoms with van der Waals surface area (Å²) in [5, 5.41) is 16.2. The van der Waals surface area contributed by atoms with Crippen LogP contribution in [0.5, 0.6) is 0 Å². The average molecular weight is 595 g/mol. The molecule has 3 aromatic heterocycles. The Labute approximate surface area is 245 Å². The first-order chi connectivity index (χ1) is 20.2. The Kier molecular flexibility index (Phi) is 10.1. The number of pyridine rings is 1. The Bertz CT molecular complexity index is 1560. The minimum Gasteiger partial charge on any atom is -0.373 e. The first-order valence-corrected chi connectivity index (χ1v) is 13.5. The van der Waals surface area contributed by atoms with E-state index in [4.69, 9.17) is 17.3 Å². The largest absolute Gasteiger partial charge is 0.373 e. The molecule has 4 amide bonds. The van der Waals surface area contributed by atoms with E-state index < -0.39 is 11.9 Å². The van der Waals surface area contributed by atoms with Crippen LogP contribution < -0.4 is 27.0 Å². The first kappa shape index (κ1) is 30.0. The number of benzene rings is 1. The summed E-state index contributed by atoms with van der Waals surface area (Å²) in [7, 11) is 1.80. The number of nitrogens with one attached hydrogen (secondary N) is 5. The molecule has 220 valence electrons. The standard InChI is InChI=1S/C21H24N8O4.C6H7ClN2/c22-20(32)19-15-8-14(26-21(33)27-17-9-23-11-24-17)3-4-16(15)29(28-19)10-18(31)25-13-2-1-12(7-13)5-6-30;1-8-6-4-2-3-5(7)9-6/h3-4,6,8-9,11-13H,1-2,5,7,10H2,(H2,22,32)(H,23,24)(H,25,31)(H2,26,27,33);2-4H,1H3,(H,8,9). The van der Waals surface area contributed by atoms with Gasteiger partial charge >= 0.3 is 6.03 Å². The molecule has 1 aliphatic carbocycles. The SMILES string of the molecule is CNc1cccc(Cl)n1.NC(=O)c1nn(CC(=O)NC2CCC(CC=O)C2)c2ccc(NC(=O)Nc3cnc[nH]3)cc12. The predicted molar refractivity (Wildman–Crippen MR) is 158 cm³/mol. The lowest BCUT2D eigenvalue weighted by atomic mass is 10.1. The Balaban J connectivity index is 0.000000385. The lowest BCUT2D eigenvalue weighted by Gasteiger charge is -2.13. The van der Waals surface area contributed by atoms with Gasteiger partial charge in [0, 0.05) is 30.6 Å². The number of aromatic amines is 1. The topological polar surface area (TPSA) is 202 Å². The van der Waals surface area contributed by atoms with Gasteiger partial charge in [-0.15, -0.1) is 0 Å². The number of carbonyl (C=O) groups excluding carboxylic acids is 4. The molecule has 0 aliphatic heterocycles. The fourth-order valence-corrected chi connectivity index (χ4v) is 4.85. The van der Waals surface area contributed by atoms with Gasteiger partial charge in [0.1, 0.15) is 29.6 Å². The van der Waals surface area contributed by atoms with Crippen LogP contribution in [0, 0.1) is 5.92 Å². The Morgan fingerprint density at radius 3 is 2.69 bits per heavy atom. The summed E-state index contributed by atoms with van der Waals surface area (Å²) in [5.41, 5.74) is 6.44. The van der Waals surface area contributed by atoms with Gasteiger partial charge in [0.25, 0.3) is 5.91 Å². The number of anilines is 3. The Morgan fingerprint density at radius 2 is 2.02 bits per heavy atom. The second kappa shape index (κ2) is 14.1. The summed E-state index contributed by atoms with van der Waals surface area (Å²) in [6, 6.07) is 9.82. The van der Waals surface area contributed by atoms with Crippen LogP contribution in [0.15, 0.2) is 48.9 Å². The number of H-pyrrole nitrogens is 1. The molecule has 1 aromatic carbocycles. The molecule has 0 spiro atoms. The van der Waals surface area contributed by atoms with E-state index >= 15 is 0 Å². The van der Waals surface area contributed by atoms with E-state index in [-0.39, 0.29) is 24.2 Å². The van der Waals surface area contributed by atoms with Crippen molar-refractivity contribution < 1.29 is 19.2 Å². The fraction of sp³-hybridized carbons (Fsp3) is 0.296. The van der Waals surface area contributed by atoms with Crippen LogP contribution in [0.1, 0.15) is 36.2 Å². The molecular weight excluding hydrogens is 564 g/mol. The van der Waals surface area contributed by atoms with Crippen LogP contribution in [0.2, 0.25) is 5.15 Å². The summed E-state index contributed by atoms with van der Waals surface area (Å²) in [6.07, 6.45) is 6.82. The van der Waals surface area contributed by atoms with Crippen molar-refractivity contribution in [3.05, 3.63) is 59.8 Å². The van der Waals surface area contributed by atoms with Crippen LogP contribution >= 0.6 is 11.6 Å². The summed E-state index contributed by atoms with van der Waals surface area (Å²) in [6.45, 7) is -0.0916. The van der Waals surface area contributed by atoms with Crippen LogP contribution in [0.4, 0.5) is 22.1 Å². The maximum absolute atomic E-state index is 12.6. The summed E-state index contributed by atoms with van der Waals surface area (Å²) < 4.78 is 1.41. The quantitative estimate of drug-likeness (QED) is 0.125. The van der Waals surface area contributed by atoms with E-state index in [1.165, 1.54) is 17.2 Å². The van der Waals surface area contributed by atoms with Crippen molar-refractivity contribution in [1.29, 1.82) is 0 Å². The van der Waals surface area contributed by atoms with Crippen LogP contribution in [0.3, 0.4) is 0 Å². The van der Waals surface area contributed by atoms with Crippen molar-refractivity contribution in [1.82, 2.24) is 30.0 Å². The number of carbonyl (C=O) groups is 4. The van der Waals surface area contributed by atoms with Gasteiger partial charge in [-0.25, -0.2) is 14.8 Å². The van der Waals surface area contributed by atoms with Crippen LogP contribution in [-0.2, 0) is 16.1 Å². The number of nitrogens with two attached hydrogens (primary N) is 1. The van der Waals surface area contributed by atoms with Crippen molar-refractivity contribution in [3.63, 3.8) is 0 Å². The molecule has 1 fully saturated rings. The maximum Gasteiger partial charge on any atom is 0.324 e. The number of hydrogen-bond acceptors (Lipinski definition) is 8. The number of imidazole rings is 1. The molecule has 2 atom stereocenters. The monoisotopic (exact) mass is 594 g/mol. The van der Waals surface area contributed by atoms with Crippen molar-refractivity contribution in [2.24, 2.45) is 11.7 Å². The maximum atomic E-state index is 12.6. The molecule has 4 aromatic rings. The van der Waals surface area contributed by atoms with E-state index in [9.17, 15) is 19.2 Å². The van der Waals surface area contributed by atoms with E-state index in [0.717, 1.165) is 31.4 Å². The zero-order valence-corrected chi connectivity index (χ0v) is 23.5. The van der Waals surface area contributed by atoms with Gasteiger partial charge < -0.3 is 31.5 Å². The molecule has 0 saturated heterocycles. The number of rotatable bonds is 9. The minimum absolute atomic E-state index is 0.00217. The highest BCUT2D eigenvalue weighted by molar-refractivity contribution is 6.29. The summed E-state index contributed by atoms with van der Waals surface area (Å²) in [4.78, 5) is 57.9. The highest BCUT2D eigenvalue weighted by Gasteiger charge is 2.26. The number of nitrogens with zero attached hydrogens (tertiary/aromatic N) is 4. The van der Waals surface area contributed by atoms with Gasteiger partial charge in [-0.1, -0.05) is 17.7 Å². The Hall–Kier alpha value is -4.98. The van der Waals surface area contributed by atoms with Crippen molar-refractivity contribution in [2.75, 3.05) is 23.0 Å². The number of hydrogen-bond donors (Lipinski definition) is 6. The number of fused-ring (bicyclic) bond motifs is 1. The van der Waals surface area contributed by atoms with Crippen molar-refractivity contribution in [2.45, 2.75) is 38.3 Å². The molecule has 7 N–H and O–H groups in total. The van der Waals surface area contributed by atoms with Gasteiger partial charge in [0.2, 0.25) is 5.91 Å². The molecule has 1 aliphatic rings. The lowest BCUT2D eigenvalue weighted by molar-refractivity contribution is -0.122. The molecule has 0 radical (unpaired) electrons. The zero-order chi connectivity index (χ0) is 30.1. The van der Waals surface area contributed by atoms with E-state index in [0.29, 0.717) is 39.9 Å². The third kappa shape index (κ3) is 8.04. The lowest BCUT2D eigenvalue weighted by Crippen LogP contribution is -2.35. The summed E-state index contributed by atoms with van der Waals surface area (Å²) >= 11 is 5.57. The first-order valence-electron chi connectivity index (χ1n) is 13.2. The molecule has 14 nitrogen and oxygen atoms in total. The smallest absolute Gasteiger partial charge is 0.324 e. The van der Waals surface area contributed by atoms with Gasteiger partial charge in [-0.2, -0.15) is 5.10 Å². The van der Waals surface area contributed by atoms with E-state index in [2.05, 4.69) is 41.3 Å². The third-order valence-corrected chi connectivity index (χ3v) is 6.80. The van der Waals surface area contributed by atoms with Gasteiger partial charge in [0.05, 0.1) is 18.0 Å². The number of primary amides is 1. The molecule has 0 bridgehead atoms. The molecule has 42 heavy (non-hydrogen) atoms. The van der Waals surface area contributed by atoms with E-state index in [1.54, 1.807) is 31.3 Å². The number of halogens is 1. The molecule has 5 rings (SSSR count). The number of aromatic nitrogens is 5. The minimum atomic E-state index is -0.745.